The van der Waals surface area contributed by atoms with Crippen LogP contribution in [0.1, 0.15) is 0 Å². The van der Waals surface area contributed by atoms with Crippen LogP contribution in [0.2, 0.25) is 0 Å². The molecule has 1 aliphatic heterocycles. The maximum atomic E-state index is 11.5. The molecule has 5 nitrogen and oxygen atoms in total. The molecule has 2 rings (SSSR count). The number of carbonyl (C=O) groups is 1. The first-order valence-electron chi connectivity index (χ1n) is 4.36. The SMILES string of the molecule is CS(=O)(=O)N1C(=O)CNc2ccccc21. The van der Waals surface area contributed by atoms with Crippen molar-refractivity contribution >= 4 is 27.3 Å². The predicted molar refractivity (Wildman–Crippen MR) is 57.3 cm³/mol. The second kappa shape index (κ2) is 3.23. The van der Waals surface area contributed by atoms with Gasteiger partial charge in [-0.25, -0.2) is 12.7 Å². The highest BCUT2D eigenvalue weighted by molar-refractivity contribution is 7.92. The molecule has 0 fully saturated rings. The monoisotopic (exact) mass is 226 g/mol. The normalized spacial score (nSPS) is 15.8. The average molecular weight is 226 g/mol. The fourth-order valence-corrected chi connectivity index (χ4v) is 2.49. The van der Waals surface area contributed by atoms with Gasteiger partial charge in [0.25, 0.3) is 5.91 Å². The van der Waals surface area contributed by atoms with Gasteiger partial charge in [-0.05, 0) is 12.1 Å². The molecule has 0 unspecified atom stereocenters. The molecule has 0 saturated carbocycles. The van der Waals surface area contributed by atoms with Crippen molar-refractivity contribution in [1.29, 1.82) is 0 Å². The number of amides is 1. The molecule has 0 aliphatic carbocycles. The molecule has 0 saturated heterocycles. The van der Waals surface area contributed by atoms with Crippen LogP contribution in [0.15, 0.2) is 24.3 Å². The van der Waals surface area contributed by atoms with Crippen molar-refractivity contribution in [2.45, 2.75) is 0 Å². The van der Waals surface area contributed by atoms with Crippen molar-refractivity contribution in [3.05, 3.63) is 24.3 Å². The third-order valence-corrected chi connectivity index (χ3v) is 3.17. The zero-order valence-electron chi connectivity index (χ0n) is 8.10. The number of para-hydroxylation sites is 2. The summed E-state index contributed by atoms with van der Waals surface area (Å²) in [5.74, 6) is -0.462. The van der Waals surface area contributed by atoms with E-state index in [1.165, 1.54) is 0 Å². The minimum Gasteiger partial charge on any atom is -0.374 e. The number of nitrogens with zero attached hydrogens (tertiary/aromatic N) is 1. The first-order chi connectivity index (χ1) is 7.00. The smallest absolute Gasteiger partial charge is 0.260 e. The summed E-state index contributed by atoms with van der Waals surface area (Å²) in [4.78, 5) is 11.5. The van der Waals surface area contributed by atoms with Crippen molar-refractivity contribution in [3.8, 4) is 0 Å². The average Bonchev–Trinajstić information content (AvgIpc) is 2.15. The molecule has 1 heterocycles. The Morgan fingerprint density at radius 1 is 1.33 bits per heavy atom. The number of benzene rings is 1. The van der Waals surface area contributed by atoms with Gasteiger partial charge in [-0.2, -0.15) is 0 Å². The Kier molecular flexibility index (Phi) is 2.15. The lowest BCUT2D eigenvalue weighted by Crippen LogP contribution is -2.43. The van der Waals surface area contributed by atoms with E-state index >= 15 is 0 Å². The maximum absolute atomic E-state index is 11.5. The molecule has 1 aromatic carbocycles. The van der Waals surface area contributed by atoms with Crippen molar-refractivity contribution < 1.29 is 13.2 Å². The summed E-state index contributed by atoms with van der Waals surface area (Å²) in [7, 11) is -3.54. The maximum Gasteiger partial charge on any atom is 0.260 e. The van der Waals surface area contributed by atoms with E-state index < -0.39 is 15.9 Å². The van der Waals surface area contributed by atoms with E-state index in [1.807, 2.05) is 0 Å². The number of fused-ring (bicyclic) bond motifs is 1. The number of hydrogen-bond donors (Lipinski definition) is 1. The van der Waals surface area contributed by atoms with E-state index in [9.17, 15) is 13.2 Å². The molecule has 1 amide bonds. The number of nitrogens with one attached hydrogen (secondary N) is 1. The van der Waals surface area contributed by atoms with Crippen molar-refractivity contribution in [2.24, 2.45) is 0 Å². The summed E-state index contributed by atoms with van der Waals surface area (Å²) in [6.45, 7) is 0.00405. The molecular weight excluding hydrogens is 216 g/mol. The standard InChI is InChI=1S/C9H10N2O3S/c1-15(13,14)11-8-5-3-2-4-7(8)10-6-9(11)12/h2-5,10H,6H2,1H3. The molecule has 0 aromatic heterocycles. The number of hydrogen-bond acceptors (Lipinski definition) is 4. The van der Waals surface area contributed by atoms with Crippen LogP contribution in [0.3, 0.4) is 0 Å². The Bertz CT molecular complexity index is 510. The van der Waals surface area contributed by atoms with Crippen LogP contribution in [-0.2, 0) is 14.8 Å². The fraction of sp³-hybridized carbons (Fsp3) is 0.222. The van der Waals surface area contributed by atoms with E-state index in [0.29, 0.717) is 11.4 Å². The molecule has 0 radical (unpaired) electrons. The lowest BCUT2D eigenvalue weighted by molar-refractivity contribution is -0.116. The molecule has 1 aromatic rings. The van der Waals surface area contributed by atoms with Crippen molar-refractivity contribution in [1.82, 2.24) is 0 Å². The van der Waals surface area contributed by atoms with Crippen LogP contribution in [0.5, 0.6) is 0 Å². The number of carbonyl (C=O) groups excluding carboxylic acids is 1. The molecular formula is C9H10N2O3S. The summed E-state index contributed by atoms with van der Waals surface area (Å²) in [5.41, 5.74) is 1.04. The van der Waals surface area contributed by atoms with Gasteiger partial charge in [-0.3, -0.25) is 4.79 Å². The van der Waals surface area contributed by atoms with Crippen LogP contribution < -0.4 is 9.62 Å². The zero-order valence-corrected chi connectivity index (χ0v) is 8.91. The minimum atomic E-state index is -3.54. The summed E-state index contributed by atoms with van der Waals surface area (Å²) in [6.07, 6.45) is 1.02. The number of rotatable bonds is 1. The lowest BCUT2D eigenvalue weighted by Gasteiger charge is -2.27. The van der Waals surface area contributed by atoms with Gasteiger partial charge in [-0.15, -0.1) is 0 Å². The Morgan fingerprint density at radius 3 is 2.67 bits per heavy atom. The van der Waals surface area contributed by atoms with Crippen molar-refractivity contribution in [3.63, 3.8) is 0 Å². The van der Waals surface area contributed by atoms with E-state index in [-0.39, 0.29) is 6.54 Å². The molecule has 15 heavy (non-hydrogen) atoms. The first-order valence-corrected chi connectivity index (χ1v) is 6.21. The van der Waals surface area contributed by atoms with Gasteiger partial charge in [0, 0.05) is 0 Å². The quantitative estimate of drug-likeness (QED) is 0.753. The molecule has 0 spiro atoms. The van der Waals surface area contributed by atoms with Gasteiger partial charge in [0.05, 0.1) is 24.2 Å². The van der Waals surface area contributed by atoms with Gasteiger partial charge in [0.2, 0.25) is 10.0 Å². The highest BCUT2D eigenvalue weighted by Crippen LogP contribution is 2.30. The highest BCUT2D eigenvalue weighted by atomic mass is 32.2. The molecule has 0 bridgehead atoms. The number of sulfonamides is 1. The lowest BCUT2D eigenvalue weighted by atomic mass is 10.2. The Morgan fingerprint density at radius 2 is 2.00 bits per heavy atom. The van der Waals surface area contributed by atoms with E-state index in [2.05, 4.69) is 5.32 Å². The van der Waals surface area contributed by atoms with Crippen molar-refractivity contribution in [2.75, 3.05) is 22.4 Å². The molecule has 0 atom stereocenters. The molecule has 1 aliphatic rings. The summed E-state index contributed by atoms with van der Waals surface area (Å²) in [6, 6.07) is 6.81. The van der Waals surface area contributed by atoms with E-state index in [1.54, 1.807) is 24.3 Å². The van der Waals surface area contributed by atoms with Crippen LogP contribution >= 0.6 is 0 Å². The van der Waals surface area contributed by atoms with Gasteiger partial charge in [-0.1, -0.05) is 12.1 Å². The fourth-order valence-electron chi connectivity index (χ4n) is 1.54. The Labute approximate surface area is 87.8 Å². The third kappa shape index (κ3) is 1.68. The summed E-state index contributed by atoms with van der Waals surface area (Å²) < 4.78 is 23.7. The summed E-state index contributed by atoms with van der Waals surface area (Å²) in [5, 5.41) is 2.86. The summed E-state index contributed by atoms with van der Waals surface area (Å²) >= 11 is 0. The zero-order chi connectivity index (χ0) is 11.1. The topological polar surface area (TPSA) is 66.5 Å². The van der Waals surface area contributed by atoms with Gasteiger partial charge < -0.3 is 5.32 Å². The Balaban J connectivity index is 2.61. The van der Waals surface area contributed by atoms with Gasteiger partial charge >= 0.3 is 0 Å². The highest BCUT2D eigenvalue weighted by Gasteiger charge is 2.30. The van der Waals surface area contributed by atoms with Crippen LogP contribution in [0.25, 0.3) is 0 Å². The van der Waals surface area contributed by atoms with Gasteiger partial charge in [0.1, 0.15) is 0 Å². The predicted octanol–water partition coefficient (Wildman–Crippen LogP) is 0.405. The second-order valence-corrected chi connectivity index (χ2v) is 5.12. The van der Waals surface area contributed by atoms with Crippen LogP contribution in [0, 0.1) is 0 Å². The largest absolute Gasteiger partial charge is 0.374 e. The third-order valence-electron chi connectivity index (χ3n) is 2.11. The van der Waals surface area contributed by atoms with Gasteiger partial charge in [0.15, 0.2) is 0 Å². The van der Waals surface area contributed by atoms with E-state index in [4.69, 9.17) is 0 Å². The van der Waals surface area contributed by atoms with Crippen LogP contribution in [-0.4, -0.2) is 27.1 Å². The molecule has 6 heteroatoms. The van der Waals surface area contributed by atoms with Crippen LogP contribution in [0.4, 0.5) is 11.4 Å². The molecule has 80 valence electrons. The second-order valence-electron chi connectivity index (χ2n) is 3.29. The minimum absolute atomic E-state index is 0.00405. The Hall–Kier alpha value is -1.56. The molecule has 1 N–H and O–H groups in total. The number of anilines is 2. The first kappa shape index (κ1) is 9.97. The van der Waals surface area contributed by atoms with E-state index in [0.717, 1.165) is 10.6 Å².